The van der Waals surface area contributed by atoms with E-state index in [4.69, 9.17) is 0 Å². The molecule has 0 aliphatic carbocycles. The van der Waals surface area contributed by atoms with Gasteiger partial charge in [0.1, 0.15) is 0 Å². The maximum absolute atomic E-state index is 12.3. The molecule has 4 heteroatoms. The number of carbonyl (C=O) groups excluding carboxylic acids is 1. The number of nitrogens with one attached hydrogen (secondary N) is 1. The molecule has 0 aromatic heterocycles. The normalized spacial score (nSPS) is 23.1. The van der Waals surface area contributed by atoms with Gasteiger partial charge in [-0.3, -0.25) is 9.69 Å². The van der Waals surface area contributed by atoms with Crippen molar-refractivity contribution in [2.45, 2.75) is 45.1 Å². The summed E-state index contributed by atoms with van der Waals surface area (Å²) in [7, 11) is 0. The highest BCUT2D eigenvalue weighted by molar-refractivity contribution is 5.77. The fraction of sp³-hybridized carbons (Fsp3) is 0.929. The maximum atomic E-state index is 12.3. The van der Waals surface area contributed by atoms with Gasteiger partial charge in [0.25, 0.3) is 0 Å². The van der Waals surface area contributed by atoms with Crippen molar-refractivity contribution in [3.8, 4) is 0 Å². The number of amides is 1. The Morgan fingerprint density at radius 1 is 1.06 bits per heavy atom. The molecule has 1 amide bonds. The van der Waals surface area contributed by atoms with Crippen molar-refractivity contribution in [2.24, 2.45) is 0 Å². The van der Waals surface area contributed by atoms with E-state index in [0.29, 0.717) is 12.3 Å². The summed E-state index contributed by atoms with van der Waals surface area (Å²) in [5.41, 5.74) is -0.00334. The topological polar surface area (TPSA) is 35.6 Å². The molecule has 0 bridgehead atoms. The van der Waals surface area contributed by atoms with Gasteiger partial charge in [-0.25, -0.2) is 0 Å². The molecule has 2 fully saturated rings. The number of hydrogen-bond donors (Lipinski definition) is 1. The summed E-state index contributed by atoms with van der Waals surface area (Å²) < 4.78 is 0. The quantitative estimate of drug-likeness (QED) is 0.817. The Morgan fingerprint density at radius 2 is 1.67 bits per heavy atom. The number of rotatable bonds is 3. The fourth-order valence-corrected chi connectivity index (χ4v) is 3.01. The molecule has 0 unspecified atom stereocenters. The van der Waals surface area contributed by atoms with Gasteiger partial charge in [0.05, 0.1) is 0 Å². The molecule has 2 saturated heterocycles. The Balaban J connectivity index is 1.87. The molecule has 2 aliphatic heterocycles. The van der Waals surface area contributed by atoms with Crippen molar-refractivity contribution in [2.75, 3.05) is 39.3 Å². The van der Waals surface area contributed by atoms with Crippen molar-refractivity contribution in [1.29, 1.82) is 0 Å². The Bertz CT molecular complexity index is 279. The molecule has 2 heterocycles. The summed E-state index contributed by atoms with van der Waals surface area (Å²) in [6, 6.07) is 0. The molecule has 0 aromatic rings. The monoisotopic (exact) mass is 253 g/mol. The third-order valence-corrected chi connectivity index (χ3v) is 4.27. The number of piperazine rings is 1. The number of likely N-dealkylation sites (tertiary alicyclic amines) is 1. The van der Waals surface area contributed by atoms with Crippen LogP contribution in [0.25, 0.3) is 0 Å². The first-order chi connectivity index (χ1) is 8.59. The molecule has 0 saturated carbocycles. The van der Waals surface area contributed by atoms with Crippen LogP contribution in [-0.4, -0.2) is 60.5 Å². The average molecular weight is 253 g/mol. The minimum Gasteiger partial charge on any atom is -0.343 e. The van der Waals surface area contributed by atoms with Gasteiger partial charge in [-0.1, -0.05) is 0 Å². The second-order valence-corrected chi connectivity index (χ2v) is 6.17. The molecule has 0 spiro atoms. The summed E-state index contributed by atoms with van der Waals surface area (Å²) in [5, 5.41) is 3.37. The molecule has 0 radical (unpaired) electrons. The SMILES string of the molecule is CC(C)(CC(=O)N1CCCCC1)N1CCNCC1. The Kier molecular flexibility index (Phi) is 4.62. The molecule has 0 aromatic carbocycles. The lowest BCUT2D eigenvalue weighted by atomic mass is 9.95. The molecule has 4 nitrogen and oxygen atoms in total. The van der Waals surface area contributed by atoms with Crippen LogP contribution in [0.1, 0.15) is 39.5 Å². The summed E-state index contributed by atoms with van der Waals surface area (Å²) in [6.45, 7) is 10.6. The van der Waals surface area contributed by atoms with Gasteiger partial charge in [-0.15, -0.1) is 0 Å². The first-order valence-electron chi connectivity index (χ1n) is 7.33. The number of piperidine rings is 1. The van der Waals surface area contributed by atoms with Gasteiger partial charge in [0.2, 0.25) is 5.91 Å². The summed E-state index contributed by atoms with van der Waals surface area (Å²) in [5.74, 6) is 0.346. The van der Waals surface area contributed by atoms with Crippen LogP contribution in [0.2, 0.25) is 0 Å². The van der Waals surface area contributed by atoms with E-state index in [2.05, 4.69) is 29.0 Å². The van der Waals surface area contributed by atoms with Crippen LogP contribution in [0.5, 0.6) is 0 Å². The van der Waals surface area contributed by atoms with Crippen LogP contribution in [0.15, 0.2) is 0 Å². The van der Waals surface area contributed by atoms with Crippen molar-refractivity contribution < 1.29 is 4.79 Å². The number of nitrogens with zero attached hydrogens (tertiary/aromatic N) is 2. The highest BCUT2D eigenvalue weighted by Gasteiger charge is 2.32. The van der Waals surface area contributed by atoms with Crippen LogP contribution in [0.4, 0.5) is 0 Å². The maximum Gasteiger partial charge on any atom is 0.224 e. The van der Waals surface area contributed by atoms with E-state index in [-0.39, 0.29) is 5.54 Å². The number of hydrogen-bond acceptors (Lipinski definition) is 3. The highest BCUT2D eigenvalue weighted by Crippen LogP contribution is 2.21. The molecular weight excluding hydrogens is 226 g/mol. The van der Waals surface area contributed by atoms with Crippen LogP contribution < -0.4 is 5.32 Å². The van der Waals surface area contributed by atoms with Crippen molar-refractivity contribution >= 4 is 5.91 Å². The average Bonchev–Trinajstić information content (AvgIpc) is 2.40. The minimum absolute atomic E-state index is 0.00334. The lowest BCUT2D eigenvalue weighted by Crippen LogP contribution is -2.55. The molecule has 1 N–H and O–H groups in total. The summed E-state index contributed by atoms with van der Waals surface area (Å²) in [6.07, 6.45) is 4.30. The van der Waals surface area contributed by atoms with Gasteiger partial charge < -0.3 is 10.2 Å². The lowest BCUT2D eigenvalue weighted by Gasteiger charge is -2.42. The van der Waals surface area contributed by atoms with Gasteiger partial charge in [-0.05, 0) is 33.1 Å². The van der Waals surface area contributed by atoms with E-state index in [1.807, 2.05) is 0 Å². The first kappa shape index (κ1) is 13.8. The van der Waals surface area contributed by atoms with E-state index < -0.39 is 0 Å². The van der Waals surface area contributed by atoms with Crippen LogP contribution in [0.3, 0.4) is 0 Å². The zero-order valence-electron chi connectivity index (χ0n) is 11.9. The third kappa shape index (κ3) is 3.45. The summed E-state index contributed by atoms with van der Waals surface area (Å²) in [4.78, 5) is 16.9. The Hall–Kier alpha value is -0.610. The molecule has 2 rings (SSSR count). The lowest BCUT2D eigenvalue weighted by molar-refractivity contribution is -0.135. The van der Waals surface area contributed by atoms with Gasteiger partial charge in [0.15, 0.2) is 0 Å². The Morgan fingerprint density at radius 3 is 2.28 bits per heavy atom. The van der Waals surface area contributed by atoms with Crippen LogP contribution >= 0.6 is 0 Å². The smallest absolute Gasteiger partial charge is 0.224 e. The minimum atomic E-state index is -0.00334. The van der Waals surface area contributed by atoms with Crippen molar-refractivity contribution in [3.63, 3.8) is 0 Å². The van der Waals surface area contributed by atoms with Crippen LogP contribution in [0, 0.1) is 0 Å². The van der Waals surface area contributed by atoms with E-state index >= 15 is 0 Å². The van der Waals surface area contributed by atoms with E-state index in [1.54, 1.807) is 0 Å². The highest BCUT2D eigenvalue weighted by atomic mass is 16.2. The zero-order chi connectivity index (χ0) is 13.0. The second kappa shape index (κ2) is 6.02. The molecule has 2 aliphatic rings. The molecule has 0 atom stereocenters. The molecule has 104 valence electrons. The predicted molar refractivity (Wildman–Crippen MR) is 73.6 cm³/mol. The van der Waals surface area contributed by atoms with E-state index in [1.165, 1.54) is 19.3 Å². The Labute approximate surface area is 111 Å². The second-order valence-electron chi connectivity index (χ2n) is 6.17. The molecular formula is C14H27N3O. The fourth-order valence-electron chi connectivity index (χ4n) is 3.01. The third-order valence-electron chi connectivity index (χ3n) is 4.27. The van der Waals surface area contributed by atoms with E-state index in [0.717, 1.165) is 39.3 Å². The largest absolute Gasteiger partial charge is 0.343 e. The zero-order valence-corrected chi connectivity index (χ0v) is 11.9. The van der Waals surface area contributed by atoms with Gasteiger partial charge in [0, 0.05) is 51.2 Å². The van der Waals surface area contributed by atoms with Gasteiger partial charge >= 0.3 is 0 Å². The van der Waals surface area contributed by atoms with E-state index in [9.17, 15) is 4.79 Å². The standard InChI is InChI=1S/C14H27N3O/c1-14(2,17-10-6-15-7-11-17)12-13(18)16-8-4-3-5-9-16/h15H,3-12H2,1-2H3. The first-order valence-corrected chi connectivity index (χ1v) is 7.33. The predicted octanol–water partition coefficient (Wildman–Crippen LogP) is 1.07. The van der Waals surface area contributed by atoms with Gasteiger partial charge in [-0.2, -0.15) is 0 Å². The van der Waals surface area contributed by atoms with Crippen molar-refractivity contribution in [1.82, 2.24) is 15.1 Å². The summed E-state index contributed by atoms with van der Waals surface area (Å²) >= 11 is 0. The van der Waals surface area contributed by atoms with Crippen molar-refractivity contribution in [3.05, 3.63) is 0 Å². The number of carbonyl (C=O) groups is 1. The van der Waals surface area contributed by atoms with Crippen LogP contribution in [-0.2, 0) is 4.79 Å². The molecule has 18 heavy (non-hydrogen) atoms.